The summed E-state index contributed by atoms with van der Waals surface area (Å²) in [6.45, 7) is 2.63. The maximum atomic E-state index is 12.1. The van der Waals surface area contributed by atoms with Crippen molar-refractivity contribution in [2.24, 2.45) is 0 Å². The lowest BCUT2D eigenvalue weighted by atomic mass is 10.1. The molecule has 0 amide bonds. The van der Waals surface area contributed by atoms with Gasteiger partial charge in [0.15, 0.2) is 5.78 Å². The minimum absolute atomic E-state index is 0.0546. The van der Waals surface area contributed by atoms with Crippen LogP contribution in [0.5, 0.6) is 0 Å². The second-order valence-electron chi connectivity index (χ2n) is 3.83. The number of hydrogen-bond donors (Lipinski definition) is 1. The van der Waals surface area contributed by atoms with Gasteiger partial charge in [-0.15, -0.1) is 0 Å². The van der Waals surface area contributed by atoms with Crippen LogP contribution in [0.15, 0.2) is 24.5 Å². The zero-order chi connectivity index (χ0) is 13.1. The molecule has 0 aliphatic heterocycles. The molecular weight excluding hydrogens is 252 g/mol. The summed E-state index contributed by atoms with van der Waals surface area (Å²) in [5.41, 5.74) is 6.60. The Morgan fingerprint density at radius 3 is 2.94 bits per heavy atom. The van der Waals surface area contributed by atoms with Crippen molar-refractivity contribution in [3.63, 3.8) is 0 Å². The van der Waals surface area contributed by atoms with Crippen LogP contribution in [0.4, 0.5) is 5.69 Å². The third-order valence-electron chi connectivity index (χ3n) is 2.63. The molecule has 0 bridgehead atoms. The summed E-state index contributed by atoms with van der Waals surface area (Å²) in [5.74, 6) is 0.595. The smallest absolute Gasteiger partial charge is 0.170 e. The van der Waals surface area contributed by atoms with Crippen molar-refractivity contribution in [2.75, 3.05) is 5.73 Å². The van der Waals surface area contributed by atoms with Crippen molar-refractivity contribution >= 4 is 23.1 Å². The van der Waals surface area contributed by atoms with Crippen LogP contribution in [0, 0.1) is 0 Å². The highest BCUT2D eigenvalue weighted by Gasteiger charge is 2.12. The summed E-state index contributed by atoms with van der Waals surface area (Å²) in [4.78, 5) is 16.1. The average molecular weight is 265 g/mol. The maximum Gasteiger partial charge on any atom is 0.170 e. The molecule has 0 radical (unpaired) electrons. The van der Waals surface area contributed by atoms with Crippen molar-refractivity contribution in [1.29, 1.82) is 0 Å². The predicted molar refractivity (Wildman–Crippen MR) is 69.6 cm³/mol. The minimum Gasteiger partial charge on any atom is -0.398 e. The molecule has 2 aromatic rings. The summed E-state index contributed by atoms with van der Waals surface area (Å²) in [6.07, 6.45) is 1.65. The number of halogens is 1. The second-order valence-corrected chi connectivity index (χ2v) is 4.24. The number of nitrogens with two attached hydrogens (primary N) is 1. The zero-order valence-electron chi connectivity index (χ0n) is 9.93. The largest absolute Gasteiger partial charge is 0.398 e. The Hall–Kier alpha value is -1.88. The van der Waals surface area contributed by atoms with E-state index in [-0.39, 0.29) is 12.2 Å². The molecule has 5 nitrogen and oxygen atoms in total. The first kappa shape index (κ1) is 12.6. The molecule has 1 heterocycles. The van der Waals surface area contributed by atoms with Crippen molar-refractivity contribution < 1.29 is 4.79 Å². The van der Waals surface area contributed by atoms with Crippen LogP contribution >= 0.6 is 11.6 Å². The van der Waals surface area contributed by atoms with Gasteiger partial charge < -0.3 is 5.73 Å². The van der Waals surface area contributed by atoms with Crippen LogP contribution in [0.1, 0.15) is 23.1 Å². The van der Waals surface area contributed by atoms with Gasteiger partial charge in [0.1, 0.15) is 12.2 Å². The van der Waals surface area contributed by atoms with E-state index in [0.29, 0.717) is 28.6 Å². The summed E-state index contributed by atoms with van der Waals surface area (Å²) < 4.78 is 1.69. The Labute approximate surface area is 110 Å². The lowest BCUT2D eigenvalue weighted by Crippen LogP contribution is -2.11. The van der Waals surface area contributed by atoms with E-state index in [1.807, 2.05) is 6.92 Å². The van der Waals surface area contributed by atoms with Gasteiger partial charge in [0, 0.05) is 12.1 Å². The SMILES string of the molecule is CCn1ncnc1CC(=O)c1ccc(Cl)c(N)c1. The first-order valence-corrected chi connectivity index (χ1v) is 5.94. The third kappa shape index (κ3) is 2.51. The molecule has 0 fully saturated rings. The molecule has 6 heteroatoms. The Balaban J connectivity index is 2.19. The Bertz CT molecular complexity index is 579. The van der Waals surface area contributed by atoms with Gasteiger partial charge in [0.25, 0.3) is 0 Å². The molecule has 1 aromatic carbocycles. The Morgan fingerprint density at radius 1 is 1.50 bits per heavy atom. The molecule has 2 N–H and O–H groups in total. The lowest BCUT2D eigenvalue weighted by Gasteiger charge is -2.04. The first-order chi connectivity index (χ1) is 8.61. The number of ketones is 1. The number of aromatic nitrogens is 3. The quantitative estimate of drug-likeness (QED) is 0.677. The zero-order valence-corrected chi connectivity index (χ0v) is 10.7. The number of hydrogen-bond acceptors (Lipinski definition) is 4. The van der Waals surface area contributed by atoms with E-state index < -0.39 is 0 Å². The number of nitrogen functional groups attached to an aromatic ring is 1. The summed E-state index contributed by atoms with van der Waals surface area (Å²) in [7, 11) is 0. The molecule has 0 aliphatic carbocycles. The second kappa shape index (κ2) is 5.18. The number of carbonyl (C=O) groups is 1. The summed E-state index contributed by atoms with van der Waals surface area (Å²) in [5, 5.41) is 4.47. The highest BCUT2D eigenvalue weighted by atomic mass is 35.5. The lowest BCUT2D eigenvalue weighted by molar-refractivity contribution is 0.0989. The number of nitrogens with zero attached hydrogens (tertiary/aromatic N) is 3. The average Bonchev–Trinajstić information content (AvgIpc) is 2.79. The van der Waals surface area contributed by atoms with Crippen LogP contribution in [-0.4, -0.2) is 20.5 Å². The van der Waals surface area contributed by atoms with Crippen molar-refractivity contribution in [2.45, 2.75) is 19.9 Å². The molecule has 0 saturated heterocycles. The minimum atomic E-state index is -0.0546. The van der Waals surface area contributed by atoms with Gasteiger partial charge >= 0.3 is 0 Å². The van der Waals surface area contributed by atoms with Crippen LogP contribution in [-0.2, 0) is 13.0 Å². The number of anilines is 1. The highest BCUT2D eigenvalue weighted by molar-refractivity contribution is 6.33. The van der Waals surface area contributed by atoms with Crippen molar-refractivity contribution in [3.8, 4) is 0 Å². The maximum absolute atomic E-state index is 12.1. The molecule has 94 valence electrons. The predicted octanol–water partition coefficient (Wildman–Crippen LogP) is 1.96. The molecule has 1 aromatic heterocycles. The van der Waals surface area contributed by atoms with Gasteiger partial charge in [-0.3, -0.25) is 4.79 Å². The fraction of sp³-hybridized carbons (Fsp3) is 0.250. The monoisotopic (exact) mass is 264 g/mol. The molecule has 0 spiro atoms. The fourth-order valence-corrected chi connectivity index (χ4v) is 1.77. The number of Topliss-reactive ketones (excluding diaryl/α,β-unsaturated/α-hetero) is 1. The van der Waals surface area contributed by atoms with E-state index in [4.69, 9.17) is 17.3 Å². The number of aryl methyl sites for hydroxylation is 1. The van der Waals surface area contributed by atoms with Gasteiger partial charge in [-0.1, -0.05) is 11.6 Å². The molecule has 18 heavy (non-hydrogen) atoms. The van der Waals surface area contributed by atoms with E-state index in [0.717, 1.165) is 0 Å². The van der Waals surface area contributed by atoms with Gasteiger partial charge in [0.2, 0.25) is 0 Å². The van der Waals surface area contributed by atoms with Crippen LogP contribution in [0.3, 0.4) is 0 Å². The molecular formula is C12H13ClN4O. The Kier molecular flexibility index (Phi) is 3.62. The van der Waals surface area contributed by atoms with Gasteiger partial charge in [-0.2, -0.15) is 5.10 Å². The molecule has 0 saturated carbocycles. The molecule has 2 rings (SSSR count). The summed E-state index contributed by atoms with van der Waals surface area (Å²) >= 11 is 5.81. The van der Waals surface area contributed by atoms with Crippen LogP contribution < -0.4 is 5.73 Å². The standard InChI is InChI=1S/C12H13ClN4O/c1-2-17-12(15-7-16-17)6-11(18)8-3-4-9(13)10(14)5-8/h3-5,7H,2,6,14H2,1H3. The molecule has 0 unspecified atom stereocenters. The van der Waals surface area contributed by atoms with E-state index in [2.05, 4.69) is 10.1 Å². The van der Waals surface area contributed by atoms with Gasteiger partial charge in [0.05, 0.1) is 17.1 Å². The van der Waals surface area contributed by atoms with Gasteiger partial charge in [-0.25, -0.2) is 9.67 Å². The Morgan fingerprint density at radius 2 is 2.28 bits per heavy atom. The van der Waals surface area contributed by atoms with Crippen LogP contribution in [0.2, 0.25) is 5.02 Å². The van der Waals surface area contributed by atoms with E-state index >= 15 is 0 Å². The third-order valence-corrected chi connectivity index (χ3v) is 2.98. The highest BCUT2D eigenvalue weighted by Crippen LogP contribution is 2.20. The topological polar surface area (TPSA) is 73.8 Å². The van der Waals surface area contributed by atoms with Crippen molar-refractivity contribution in [3.05, 3.63) is 40.9 Å². The molecule has 0 atom stereocenters. The number of benzene rings is 1. The number of rotatable bonds is 4. The first-order valence-electron chi connectivity index (χ1n) is 5.56. The van der Waals surface area contributed by atoms with Crippen LogP contribution in [0.25, 0.3) is 0 Å². The fourth-order valence-electron chi connectivity index (χ4n) is 1.65. The number of carbonyl (C=O) groups excluding carboxylic acids is 1. The normalized spacial score (nSPS) is 10.6. The van der Waals surface area contributed by atoms with Crippen molar-refractivity contribution in [1.82, 2.24) is 14.8 Å². The van der Waals surface area contributed by atoms with Gasteiger partial charge in [-0.05, 0) is 25.1 Å². The summed E-state index contributed by atoms with van der Waals surface area (Å²) in [6, 6.07) is 4.86. The molecule has 0 aliphatic rings. The van der Waals surface area contributed by atoms with E-state index in [9.17, 15) is 4.79 Å². The van der Waals surface area contributed by atoms with E-state index in [1.54, 1.807) is 22.9 Å². The van der Waals surface area contributed by atoms with E-state index in [1.165, 1.54) is 6.33 Å².